The molecule has 0 saturated heterocycles. The minimum absolute atomic E-state index is 0.0864. The van der Waals surface area contributed by atoms with Crippen molar-refractivity contribution >= 4 is 22.9 Å². The number of hydrogen-bond donors (Lipinski definition) is 1. The molecule has 1 amide bonds. The number of hydrogen-bond acceptors (Lipinski definition) is 5. The van der Waals surface area contributed by atoms with Gasteiger partial charge in [0, 0.05) is 23.5 Å². The lowest BCUT2D eigenvalue weighted by atomic mass is 9.87. The standard InChI is InChI=1S/C18H18N4OS/c1-18(2,3)12-4-6-13(7-5-12)21-16(23)15-11-24-17(22-15)14-10-19-8-9-20-14/h4-11H,1-3H3,(H,21,23). The van der Waals surface area contributed by atoms with Crippen LogP contribution in [0.1, 0.15) is 36.8 Å². The molecule has 0 aliphatic heterocycles. The Morgan fingerprint density at radius 1 is 1.12 bits per heavy atom. The molecule has 0 radical (unpaired) electrons. The molecular formula is C18H18N4OS. The fraction of sp³-hybridized carbons (Fsp3) is 0.222. The Morgan fingerprint density at radius 3 is 2.50 bits per heavy atom. The molecule has 0 aliphatic rings. The van der Waals surface area contributed by atoms with Gasteiger partial charge in [-0.1, -0.05) is 32.9 Å². The van der Waals surface area contributed by atoms with Gasteiger partial charge in [-0.3, -0.25) is 14.8 Å². The van der Waals surface area contributed by atoms with E-state index in [1.807, 2.05) is 24.3 Å². The molecule has 0 unspecified atom stereocenters. The lowest BCUT2D eigenvalue weighted by Gasteiger charge is -2.19. The number of nitrogens with one attached hydrogen (secondary N) is 1. The summed E-state index contributed by atoms with van der Waals surface area (Å²) in [4.78, 5) is 24.9. The van der Waals surface area contributed by atoms with Gasteiger partial charge < -0.3 is 5.32 Å². The van der Waals surface area contributed by atoms with Crippen molar-refractivity contribution in [1.29, 1.82) is 0 Å². The SMILES string of the molecule is CC(C)(C)c1ccc(NC(=O)c2csc(-c3cnccn3)n2)cc1. The Hall–Kier alpha value is -2.60. The lowest BCUT2D eigenvalue weighted by Crippen LogP contribution is -2.14. The number of benzene rings is 1. The number of amides is 1. The molecule has 122 valence electrons. The van der Waals surface area contributed by atoms with Crippen molar-refractivity contribution in [3.8, 4) is 10.7 Å². The van der Waals surface area contributed by atoms with Gasteiger partial charge in [0.1, 0.15) is 16.4 Å². The molecule has 2 aromatic heterocycles. The van der Waals surface area contributed by atoms with Gasteiger partial charge in [0.05, 0.1) is 6.20 Å². The van der Waals surface area contributed by atoms with Crippen LogP contribution < -0.4 is 5.32 Å². The van der Waals surface area contributed by atoms with Gasteiger partial charge >= 0.3 is 0 Å². The molecule has 24 heavy (non-hydrogen) atoms. The van der Waals surface area contributed by atoms with Crippen LogP contribution in [0.5, 0.6) is 0 Å². The van der Waals surface area contributed by atoms with E-state index in [0.717, 1.165) is 5.69 Å². The molecule has 3 rings (SSSR count). The first-order valence-electron chi connectivity index (χ1n) is 7.57. The Bertz CT molecular complexity index is 835. The highest BCUT2D eigenvalue weighted by Gasteiger charge is 2.15. The molecule has 0 bridgehead atoms. The van der Waals surface area contributed by atoms with Crippen LogP contribution in [0.2, 0.25) is 0 Å². The number of thiazole rings is 1. The highest BCUT2D eigenvalue weighted by Crippen LogP contribution is 2.24. The topological polar surface area (TPSA) is 67.8 Å². The fourth-order valence-corrected chi connectivity index (χ4v) is 2.91. The summed E-state index contributed by atoms with van der Waals surface area (Å²) in [5.41, 5.74) is 3.10. The van der Waals surface area contributed by atoms with Crippen molar-refractivity contribution in [3.63, 3.8) is 0 Å². The molecule has 0 saturated carbocycles. The molecule has 6 heteroatoms. The number of carbonyl (C=O) groups is 1. The highest BCUT2D eigenvalue weighted by molar-refractivity contribution is 7.13. The van der Waals surface area contributed by atoms with Gasteiger partial charge in [-0.25, -0.2) is 4.98 Å². The maximum Gasteiger partial charge on any atom is 0.275 e. The molecule has 5 nitrogen and oxygen atoms in total. The maximum absolute atomic E-state index is 12.3. The Balaban J connectivity index is 1.73. The quantitative estimate of drug-likeness (QED) is 0.779. The maximum atomic E-state index is 12.3. The summed E-state index contributed by atoms with van der Waals surface area (Å²) >= 11 is 1.37. The predicted octanol–water partition coefficient (Wildman–Crippen LogP) is 4.15. The third-order valence-electron chi connectivity index (χ3n) is 3.53. The van der Waals surface area contributed by atoms with Crippen molar-refractivity contribution in [2.45, 2.75) is 26.2 Å². The number of carbonyl (C=O) groups excluding carboxylic acids is 1. The second-order valence-corrected chi connectivity index (χ2v) is 7.27. The number of rotatable bonds is 3. The summed E-state index contributed by atoms with van der Waals surface area (Å²) in [6.45, 7) is 6.47. The van der Waals surface area contributed by atoms with Crippen LogP contribution in [0.25, 0.3) is 10.7 Å². The zero-order valence-electron chi connectivity index (χ0n) is 13.8. The molecule has 2 heterocycles. The van der Waals surface area contributed by atoms with E-state index in [0.29, 0.717) is 16.4 Å². The second kappa shape index (κ2) is 6.49. The molecular weight excluding hydrogens is 320 g/mol. The average molecular weight is 338 g/mol. The molecule has 0 fully saturated rings. The Labute approximate surface area is 144 Å². The first kappa shape index (κ1) is 16.3. The average Bonchev–Trinajstić information content (AvgIpc) is 3.05. The first-order valence-corrected chi connectivity index (χ1v) is 8.45. The summed E-state index contributed by atoms with van der Waals surface area (Å²) in [6.07, 6.45) is 4.84. The molecule has 0 aliphatic carbocycles. The third kappa shape index (κ3) is 3.65. The summed E-state index contributed by atoms with van der Waals surface area (Å²) in [5, 5.41) is 5.27. The monoisotopic (exact) mass is 338 g/mol. The molecule has 1 N–H and O–H groups in total. The van der Waals surface area contributed by atoms with E-state index in [2.05, 4.69) is 41.0 Å². The summed E-state index contributed by atoms with van der Waals surface area (Å²) < 4.78 is 0. The Kier molecular flexibility index (Phi) is 4.40. The van der Waals surface area contributed by atoms with E-state index in [1.54, 1.807) is 24.0 Å². The minimum atomic E-state index is -0.232. The van der Waals surface area contributed by atoms with E-state index < -0.39 is 0 Å². The van der Waals surface area contributed by atoms with Gasteiger partial charge in [-0.2, -0.15) is 0 Å². The molecule has 0 spiro atoms. The van der Waals surface area contributed by atoms with E-state index in [4.69, 9.17) is 0 Å². The van der Waals surface area contributed by atoms with E-state index >= 15 is 0 Å². The smallest absolute Gasteiger partial charge is 0.275 e. The van der Waals surface area contributed by atoms with Crippen LogP contribution in [0.4, 0.5) is 5.69 Å². The van der Waals surface area contributed by atoms with Crippen LogP contribution in [-0.2, 0) is 5.41 Å². The van der Waals surface area contributed by atoms with Crippen molar-refractivity contribution in [2.24, 2.45) is 0 Å². The normalized spacial score (nSPS) is 11.3. The van der Waals surface area contributed by atoms with Crippen molar-refractivity contribution in [3.05, 3.63) is 59.5 Å². The zero-order chi connectivity index (χ0) is 17.2. The predicted molar refractivity (Wildman–Crippen MR) is 96.2 cm³/mol. The fourth-order valence-electron chi connectivity index (χ4n) is 2.15. The van der Waals surface area contributed by atoms with Gasteiger partial charge in [0.2, 0.25) is 0 Å². The minimum Gasteiger partial charge on any atom is -0.321 e. The molecule has 0 atom stereocenters. The van der Waals surface area contributed by atoms with Crippen molar-refractivity contribution in [1.82, 2.24) is 15.0 Å². The van der Waals surface area contributed by atoms with E-state index in [1.165, 1.54) is 16.9 Å². The number of nitrogens with zero attached hydrogens (tertiary/aromatic N) is 3. The van der Waals surface area contributed by atoms with E-state index in [-0.39, 0.29) is 11.3 Å². The summed E-state index contributed by atoms with van der Waals surface area (Å²) in [7, 11) is 0. The van der Waals surface area contributed by atoms with Gasteiger partial charge in [-0.05, 0) is 23.1 Å². The second-order valence-electron chi connectivity index (χ2n) is 6.41. The number of anilines is 1. The van der Waals surface area contributed by atoms with Crippen LogP contribution in [0, 0.1) is 0 Å². The molecule has 3 aromatic rings. The number of aromatic nitrogens is 3. The zero-order valence-corrected chi connectivity index (χ0v) is 14.6. The molecule has 1 aromatic carbocycles. The lowest BCUT2D eigenvalue weighted by molar-refractivity contribution is 0.102. The van der Waals surface area contributed by atoms with Gasteiger partial charge in [-0.15, -0.1) is 11.3 Å². The Morgan fingerprint density at radius 2 is 1.88 bits per heavy atom. The largest absolute Gasteiger partial charge is 0.321 e. The van der Waals surface area contributed by atoms with Crippen LogP contribution in [-0.4, -0.2) is 20.9 Å². The van der Waals surface area contributed by atoms with Crippen LogP contribution in [0.3, 0.4) is 0 Å². The van der Waals surface area contributed by atoms with Crippen LogP contribution in [0.15, 0.2) is 48.2 Å². The summed E-state index contributed by atoms with van der Waals surface area (Å²) in [6, 6.07) is 7.88. The van der Waals surface area contributed by atoms with E-state index in [9.17, 15) is 4.79 Å². The van der Waals surface area contributed by atoms with Crippen LogP contribution >= 0.6 is 11.3 Å². The van der Waals surface area contributed by atoms with Gasteiger partial charge in [0.15, 0.2) is 0 Å². The summed E-state index contributed by atoms with van der Waals surface area (Å²) in [5.74, 6) is -0.232. The third-order valence-corrected chi connectivity index (χ3v) is 4.39. The van der Waals surface area contributed by atoms with Crippen molar-refractivity contribution < 1.29 is 4.79 Å². The van der Waals surface area contributed by atoms with Gasteiger partial charge in [0.25, 0.3) is 5.91 Å². The highest BCUT2D eigenvalue weighted by atomic mass is 32.1. The van der Waals surface area contributed by atoms with Crippen molar-refractivity contribution in [2.75, 3.05) is 5.32 Å². The first-order chi connectivity index (χ1) is 11.4.